The number of ether oxygens (including phenoxy) is 2. The van der Waals surface area contributed by atoms with Gasteiger partial charge in [0.05, 0.1) is 18.3 Å². The lowest BCUT2D eigenvalue weighted by Gasteiger charge is -2.39. The molecule has 2 saturated heterocycles. The molecule has 2 bridgehead atoms. The first kappa shape index (κ1) is 25.7. The Kier molecular flexibility index (Phi) is 6.49. The maximum Gasteiger partial charge on any atom is 0.573 e. The van der Waals surface area contributed by atoms with Crippen molar-refractivity contribution in [2.75, 3.05) is 4.90 Å². The fourth-order valence-corrected chi connectivity index (χ4v) is 5.96. The largest absolute Gasteiger partial charge is 0.573 e. The Balaban J connectivity index is 1.20. The molecule has 3 fully saturated rings. The fourth-order valence-electron chi connectivity index (χ4n) is 5.96. The first-order valence-electron chi connectivity index (χ1n) is 13.1. The van der Waals surface area contributed by atoms with Crippen LogP contribution in [0.15, 0.2) is 41.1 Å². The molecule has 2 aromatic heterocycles. The van der Waals surface area contributed by atoms with E-state index in [9.17, 15) is 23.1 Å². The van der Waals surface area contributed by atoms with Crippen molar-refractivity contribution in [3.05, 3.63) is 59.0 Å². The zero-order valence-electron chi connectivity index (χ0n) is 21.3. The number of carbonyl (C=O) groups is 1. The van der Waals surface area contributed by atoms with E-state index >= 15 is 0 Å². The molecule has 4 heterocycles. The summed E-state index contributed by atoms with van der Waals surface area (Å²) in [5.74, 6) is 0.326. The number of para-hydroxylation sites is 1. The van der Waals surface area contributed by atoms with Gasteiger partial charge in [-0.05, 0) is 69.2 Å². The minimum absolute atomic E-state index is 0.0467. The van der Waals surface area contributed by atoms with Crippen LogP contribution in [-0.4, -0.2) is 45.8 Å². The van der Waals surface area contributed by atoms with Gasteiger partial charge in [-0.1, -0.05) is 17.3 Å². The van der Waals surface area contributed by atoms with E-state index in [-0.39, 0.29) is 47.6 Å². The molecule has 1 aromatic carbocycles. The van der Waals surface area contributed by atoms with Crippen LogP contribution in [-0.2, 0) is 11.3 Å². The molecular formula is C28H28F3N3O5. The van der Waals surface area contributed by atoms with E-state index in [0.717, 1.165) is 44.3 Å². The maximum absolute atomic E-state index is 13.1. The zero-order valence-corrected chi connectivity index (χ0v) is 21.3. The third-order valence-corrected chi connectivity index (χ3v) is 7.88. The van der Waals surface area contributed by atoms with Crippen LogP contribution in [0.3, 0.4) is 0 Å². The highest BCUT2D eigenvalue weighted by molar-refractivity contribution is 5.89. The Morgan fingerprint density at radius 1 is 1.15 bits per heavy atom. The van der Waals surface area contributed by atoms with E-state index in [0.29, 0.717) is 22.6 Å². The summed E-state index contributed by atoms with van der Waals surface area (Å²) < 4.78 is 55.5. The molecule has 6 rings (SSSR count). The molecule has 2 aliphatic heterocycles. The minimum Gasteiger partial charge on any atom is -0.478 e. The number of hydrogen-bond donors (Lipinski definition) is 1. The number of rotatable bonds is 8. The van der Waals surface area contributed by atoms with Gasteiger partial charge in [0.15, 0.2) is 0 Å². The van der Waals surface area contributed by atoms with Crippen LogP contribution < -0.4 is 9.64 Å². The monoisotopic (exact) mass is 543 g/mol. The summed E-state index contributed by atoms with van der Waals surface area (Å²) in [5.41, 5.74) is 2.07. The van der Waals surface area contributed by atoms with Crippen molar-refractivity contribution >= 4 is 11.8 Å². The third-order valence-electron chi connectivity index (χ3n) is 7.88. The number of hydrogen-bond acceptors (Lipinski definition) is 7. The summed E-state index contributed by atoms with van der Waals surface area (Å²) in [5, 5.41) is 13.5. The topological polar surface area (TPSA) is 97.9 Å². The van der Waals surface area contributed by atoms with Gasteiger partial charge in [0.1, 0.15) is 23.0 Å². The van der Waals surface area contributed by atoms with Crippen molar-refractivity contribution in [1.82, 2.24) is 10.1 Å². The Hall–Kier alpha value is -3.60. The van der Waals surface area contributed by atoms with Crippen LogP contribution in [0.5, 0.6) is 5.75 Å². The van der Waals surface area contributed by atoms with Crippen molar-refractivity contribution in [1.29, 1.82) is 0 Å². The molecule has 3 aromatic rings. The number of fused-ring (bicyclic) bond motifs is 2. The van der Waals surface area contributed by atoms with Gasteiger partial charge in [0, 0.05) is 35.3 Å². The Bertz CT molecular complexity index is 1370. The average Bonchev–Trinajstić information content (AvgIpc) is 3.58. The molecule has 206 valence electrons. The minimum atomic E-state index is -4.83. The number of nitrogens with zero attached hydrogens (tertiary/aromatic N) is 3. The molecular weight excluding hydrogens is 515 g/mol. The number of benzene rings is 1. The summed E-state index contributed by atoms with van der Waals surface area (Å²) in [7, 11) is 0. The SMILES string of the molecule is Cc1cc(N2[C@@H]3CC[C@H]2CC(OCc2c(-c4ccccc4OC(F)(F)F)noc2C2CC2)C3)ncc1C(=O)O. The van der Waals surface area contributed by atoms with Crippen LogP contribution in [0.1, 0.15) is 71.7 Å². The number of anilines is 1. The van der Waals surface area contributed by atoms with E-state index in [1.54, 1.807) is 19.1 Å². The van der Waals surface area contributed by atoms with E-state index in [2.05, 4.69) is 19.8 Å². The summed E-state index contributed by atoms with van der Waals surface area (Å²) in [4.78, 5) is 18.1. The molecule has 3 aliphatic rings. The second kappa shape index (κ2) is 9.86. The quantitative estimate of drug-likeness (QED) is 0.357. The van der Waals surface area contributed by atoms with Crippen molar-refractivity contribution in [2.24, 2.45) is 0 Å². The Morgan fingerprint density at radius 3 is 2.51 bits per heavy atom. The molecule has 1 saturated carbocycles. The van der Waals surface area contributed by atoms with Gasteiger partial charge in [-0.2, -0.15) is 0 Å². The molecule has 1 aliphatic carbocycles. The van der Waals surface area contributed by atoms with Gasteiger partial charge in [0.25, 0.3) is 0 Å². The number of aromatic nitrogens is 2. The lowest BCUT2D eigenvalue weighted by Crippen LogP contribution is -2.46. The van der Waals surface area contributed by atoms with Crippen molar-refractivity contribution in [2.45, 2.75) is 82.5 Å². The number of aromatic carboxylic acids is 1. The molecule has 0 radical (unpaired) electrons. The Morgan fingerprint density at radius 2 is 1.87 bits per heavy atom. The lowest BCUT2D eigenvalue weighted by atomic mass is 9.98. The number of piperidine rings is 1. The molecule has 39 heavy (non-hydrogen) atoms. The molecule has 0 amide bonds. The van der Waals surface area contributed by atoms with Gasteiger partial charge >= 0.3 is 12.3 Å². The van der Waals surface area contributed by atoms with Crippen LogP contribution in [0.25, 0.3) is 11.3 Å². The fraction of sp³-hybridized carbons (Fsp3) is 0.464. The van der Waals surface area contributed by atoms with Gasteiger partial charge in [-0.25, -0.2) is 9.78 Å². The number of halogens is 3. The van der Waals surface area contributed by atoms with Crippen LogP contribution in [0.4, 0.5) is 19.0 Å². The molecule has 3 atom stereocenters. The van der Waals surface area contributed by atoms with Crippen molar-refractivity contribution in [3.8, 4) is 17.0 Å². The van der Waals surface area contributed by atoms with E-state index in [4.69, 9.17) is 9.26 Å². The van der Waals surface area contributed by atoms with Crippen LogP contribution in [0.2, 0.25) is 0 Å². The maximum atomic E-state index is 13.1. The molecule has 8 nitrogen and oxygen atoms in total. The number of carboxylic acid groups (broad SMARTS) is 1. The lowest BCUT2D eigenvalue weighted by molar-refractivity contribution is -0.274. The number of aryl methyl sites for hydroxylation is 1. The number of pyridine rings is 1. The molecule has 11 heteroatoms. The second-order valence-electron chi connectivity index (χ2n) is 10.6. The van der Waals surface area contributed by atoms with Gasteiger partial charge in [0.2, 0.25) is 0 Å². The summed E-state index contributed by atoms with van der Waals surface area (Å²) in [6.07, 6.45) is 1.94. The predicted molar refractivity (Wildman–Crippen MR) is 134 cm³/mol. The number of alkyl halides is 3. The highest BCUT2D eigenvalue weighted by atomic mass is 19.4. The first-order valence-corrected chi connectivity index (χ1v) is 13.1. The van der Waals surface area contributed by atoms with E-state index in [1.807, 2.05) is 6.07 Å². The average molecular weight is 544 g/mol. The standard InChI is InChI=1S/C28H28F3N3O5/c1-15-10-24(32-13-21(15)27(35)36)34-17-8-9-18(34)12-19(11-17)37-14-22-25(33-39-26(22)16-6-7-16)20-4-2-3-5-23(20)38-28(29,30)31/h2-5,10,13,16-19H,6-9,11-12,14H2,1H3,(H,35,36)/t17-,18+,19?. The zero-order chi connectivity index (χ0) is 27.3. The van der Waals surface area contributed by atoms with Crippen LogP contribution in [0, 0.1) is 6.92 Å². The molecule has 1 unspecified atom stereocenters. The summed E-state index contributed by atoms with van der Waals surface area (Å²) in [6, 6.07) is 8.19. The van der Waals surface area contributed by atoms with Crippen molar-refractivity contribution in [3.63, 3.8) is 0 Å². The third kappa shape index (κ3) is 5.19. The molecule has 1 N–H and O–H groups in total. The number of carboxylic acids is 1. The summed E-state index contributed by atoms with van der Waals surface area (Å²) in [6.45, 7) is 1.96. The van der Waals surface area contributed by atoms with Crippen LogP contribution >= 0.6 is 0 Å². The normalized spacial score (nSPS) is 22.8. The van der Waals surface area contributed by atoms with Gasteiger partial charge in [-0.15, -0.1) is 13.2 Å². The Labute approximate surface area is 222 Å². The highest BCUT2D eigenvalue weighted by Crippen LogP contribution is 2.46. The van der Waals surface area contributed by atoms with Gasteiger partial charge < -0.3 is 24.0 Å². The summed E-state index contributed by atoms with van der Waals surface area (Å²) >= 11 is 0. The highest BCUT2D eigenvalue weighted by Gasteiger charge is 2.42. The van der Waals surface area contributed by atoms with Gasteiger partial charge in [-0.3, -0.25) is 0 Å². The predicted octanol–water partition coefficient (Wildman–Crippen LogP) is 6.24. The van der Waals surface area contributed by atoms with Crippen molar-refractivity contribution < 1.29 is 37.1 Å². The second-order valence-corrected chi connectivity index (χ2v) is 10.6. The smallest absolute Gasteiger partial charge is 0.478 e. The van der Waals surface area contributed by atoms with E-state index in [1.165, 1.54) is 18.3 Å². The van der Waals surface area contributed by atoms with E-state index < -0.39 is 12.3 Å². The molecule has 0 spiro atoms. The first-order chi connectivity index (χ1) is 18.7.